The number of nitrogens with one attached hydrogen (secondary N) is 3. The van der Waals surface area contributed by atoms with E-state index in [2.05, 4.69) is 16.2 Å². The first-order valence-corrected chi connectivity index (χ1v) is 7.66. The third-order valence-electron chi connectivity index (χ3n) is 3.32. The summed E-state index contributed by atoms with van der Waals surface area (Å²) >= 11 is 0. The third-order valence-corrected chi connectivity index (χ3v) is 3.32. The minimum Gasteiger partial charge on any atom is -0.481 e. The van der Waals surface area contributed by atoms with E-state index in [1.165, 1.54) is 6.92 Å². The minimum atomic E-state index is -0.983. The summed E-state index contributed by atoms with van der Waals surface area (Å²) in [5.74, 6) is -1.93. The Morgan fingerprint density at radius 3 is 2.20 bits per heavy atom. The van der Waals surface area contributed by atoms with Crippen LogP contribution in [0.5, 0.6) is 5.75 Å². The second-order valence-electron chi connectivity index (χ2n) is 5.29. The highest BCUT2D eigenvalue weighted by atomic mass is 16.5. The van der Waals surface area contributed by atoms with Crippen molar-refractivity contribution in [2.24, 2.45) is 0 Å². The quantitative estimate of drug-likeness (QED) is 0.581. The van der Waals surface area contributed by atoms with Gasteiger partial charge in [0, 0.05) is 5.69 Å². The van der Waals surface area contributed by atoms with Crippen molar-refractivity contribution in [3.63, 3.8) is 0 Å². The summed E-state index contributed by atoms with van der Waals surface area (Å²) < 4.78 is 5.42. The molecular weight excluding hydrogens is 322 g/mol. The van der Waals surface area contributed by atoms with Crippen molar-refractivity contribution in [3.05, 3.63) is 60.2 Å². The van der Waals surface area contributed by atoms with Gasteiger partial charge in [-0.3, -0.25) is 25.2 Å². The van der Waals surface area contributed by atoms with Crippen molar-refractivity contribution in [2.45, 2.75) is 20.0 Å². The van der Waals surface area contributed by atoms with Crippen molar-refractivity contribution in [1.29, 1.82) is 0 Å². The van der Waals surface area contributed by atoms with Crippen LogP contribution in [0.3, 0.4) is 0 Å². The molecule has 2 aromatic carbocycles. The molecule has 2 aromatic rings. The number of carbonyl (C=O) groups is 3. The van der Waals surface area contributed by atoms with Gasteiger partial charge in [-0.15, -0.1) is 0 Å². The monoisotopic (exact) mass is 341 g/mol. The van der Waals surface area contributed by atoms with Crippen LogP contribution >= 0.6 is 0 Å². The van der Waals surface area contributed by atoms with Crippen LogP contribution in [0.2, 0.25) is 0 Å². The standard InChI is InChI=1S/C18H19N3O4/c1-12-8-6-7-11-15(12)19-17(23)18(24)21-20-16(22)13(2)25-14-9-4-3-5-10-14/h3-11,13H,1-2H3,(H,19,23)(H,20,22)(H,21,24). The van der Waals surface area contributed by atoms with E-state index in [4.69, 9.17) is 4.74 Å². The lowest BCUT2D eigenvalue weighted by atomic mass is 10.2. The molecule has 0 aliphatic rings. The first-order chi connectivity index (χ1) is 12.0. The van der Waals surface area contributed by atoms with Crippen molar-refractivity contribution >= 4 is 23.4 Å². The van der Waals surface area contributed by atoms with Crippen molar-refractivity contribution in [1.82, 2.24) is 10.9 Å². The highest BCUT2D eigenvalue weighted by molar-refractivity contribution is 6.39. The van der Waals surface area contributed by atoms with Crippen LogP contribution in [-0.4, -0.2) is 23.8 Å². The van der Waals surface area contributed by atoms with Gasteiger partial charge in [0.25, 0.3) is 5.91 Å². The summed E-state index contributed by atoms with van der Waals surface area (Å²) in [7, 11) is 0. The number of hydrazine groups is 1. The minimum absolute atomic E-state index is 0.522. The van der Waals surface area contributed by atoms with E-state index in [0.29, 0.717) is 11.4 Å². The fourth-order valence-corrected chi connectivity index (χ4v) is 1.93. The smallest absolute Gasteiger partial charge is 0.328 e. The Balaban J connectivity index is 1.81. The number of benzene rings is 2. The summed E-state index contributed by atoms with van der Waals surface area (Å²) in [6.07, 6.45) is -0.845. The first-order valence-electron chi connectivity index (χ1n) is 7.66. The number of hydrogen-bond donors (Lipinski definition) is 3. The van der Waals surface area contributed by atoms with Crippen molar-refractivity contribution < 1.29 is 19.1 Å². The van der Waals surface area contributed by atoms with E-state index in [-0.39, 0.29) is 0 Å². The molecule has 3 N–H and O–H groups in total. The molecule has 0 radical (unpaired) electrons. The lowest BCUT2D eigenvalue weighted by molar-refractivity contribution is -0.139. The molecule has 1 atom stereocenters. The molecule has 1 unspecified atom stereocenters. The lowest BCUT2D eigenvalue weighted by Gasteiger charge is -2.15. The second kappa shape index (κ2) is 8.49. The zero-order chi connectivity index (χ0) is 18.2. The van der Waals surface area contributed by atoms with E-state index < -0.39 is 23.8 Å². The van der Waals surface area contributed by atoms with Gasteiger partial charge in [0.1, 0.15) is 5.75 Å². The fourth-order valence-electron chi connectivity index (χ4n) is 1.93. The maximum Gasteiger partial charge on any atom is 0.328 e. The molecule has 0 saturated carbocycles. The molecule has 3 amide bonds. The Morgan fingerprint density at radius 2 is 1.52 bits per heavy atom. The molecule has 0 aromatic heterocycles. The molecule has 0 spiro atoms. The van der Waals surface area contributed by atoms with Crippen LogP contribution in [0.4, 0.5) is 5.69 Å². The number of amides is 3. The molecule has 2 rings (SSSR count). The molecule has 7 heteroatoms. The highest BCUT2D eigenvalue weighted by Crippen LogP contribution is 2.12. The van der Waals surface area contributed by atoms with E-state index in [9.17, 15) is 14.4 Å². The van der Waals surface area contributed by atoms with Gasteiger partial charge in [-0.2, -0.15) is 0 Å². The highest BCUT2D eigenvalue weighted by Gasteiger charge is 2.18. The predicted octanol–water partition coefficient (Wildman–Crippen LogP) is 1.55. The maximum absolute atomic E-state index is 11.9. The number of aryl methyl sites for hydroxylation is 1. The first kappa shape index (κ1) is 18.0. The number of para-hydroxylation sites is 2. The Bertz CT molecular complexity index is 762. The van der Waals surface area contributed by atoms with Gasteiger partial charge in [0.2, 0.25) is 0 Å². The number of anilines is 1. The largest absolute Gasteiger partial charge is 0.481 e. The van der Waals surface area contributed by atoms with Crippen LogP contribution in [0.15, 0.2) is 54.6 Å². The second-order valence-corrected chi connectivity index (χ2v) is 5.29. The van der Waals surface area contributed by atoms with E-state index in [1.807, 2.05) is 12.1 Å². The molecule has 25 heavy (non-hydrogen) atoms. The average molecular weight is 341 g/mol. The lowest BCUT2D eigenvalue weighted by Crippen LogP contribution is -2.50. The summed E-state index contributed by atoms with van der Waals surface area (Å²) in [4.78, 5) is 35.5. The van der Waals surface area contributed by atoms with Gasteiger partial charge in [0.05, 0.1) is 0 Å². The van der Waals surface area contributed by atoms with Crippen molar-refractivity contribution in [3.8, 4) is 5.75 Å². The molecule has 0 heterocycles. The molecule has 7 nitrogen and oxygen atoms in total. The summed E-state index contributed by atoms with van der Waals surface area (Å²) in [6, 6.07) is 15.8. The zero-order valence-corrected chi connectivity index (χ0v) is 13.9. The number of rotatable bonds is 4. The molecular formula is C18H19N3O4. The fraction of sp³-hybridized carbons (Fsp3) is 0.167. The predicted molar refractivity (Wildman–Crippen MR) is 92.6 cm³/mol. The Labute approximate surface area is 145 Å². The Hall–Kier alpha value is -3.35. The van der Waals surface area contributed by atoms with Crippen LogP contribution in [0, 0.1) is 6.92 Å². The molecule has 0 aliphatic heterocycles. The van der Waals surface area contributed by atoms with Gasteiger partial charge in [-0.1, -0.05) is 36.4 Å². The number of hydrogen-bond acceptors (Lipinski definition) is 4. The van der Waals surface area contributed by atoms with Crippen LogP contribution < -0.4 is 20.9 Å². The zero-order valence-electron chi connectivity index (χ0n) is 13.9. The van der Waals surface area contributed by atoms with Crippen LogP contribution in [0.25, 0.3) is 0 Å². The van der Waals surface area contributed by atoms with E-state index in [1.54, 1.807) is 49.4 Å². The van der Waals surface area contributed by atoms with Gasteiger partial charge in [-0.05, 0) is 37.6 Å². The van der Waals surface area contributed by atoms with Gasteiger partial charge < -0.3 is 10.1 Å². The van der Waals surface area contributed by atoms with Gasteiger partial charge in [-0.25, -0.2) is 0 Å². The Morgan fingerprint density at radius 1 is 0.880 bits per heavy atom. The number of ether oxygens (including phenoxy) is 1. The van der Waals surface area contributed by atoms with E-state index in [0.717, 1.165) is 5.56 Å². The average Bonchev–Trinajstić information content (AvgIpc) is 2.62. The molecule has 130 valence electrons. The summed E-state index contributed by atoms with van der Waals surface area (Å²) in [5, 5.41) is 2.47. The Kier molecular flexibility index (Phi) is 6.11. The molecule has 0 aliphatic carbocycles. The van der Waals surface area contributed by atoms with Gasteiger partial charge in [0.15, 0.2) is 6.10 Å². The molecule has 0 saturated heterocycles. The maximum atomic E-state index is 11.9. The SMILES string of the molecule is Cc1ccccc1NC(=O)C(=O)NNC(=O)C(C)Oc1ccccc1. The molecule has 0 fully saturated rings. The summed E-state index contributed by atoms with van der Waals surface area (Å²) in [5.41, 5.74) is 5.56. The topological polar surface area (TPSA) is 96.5 Å². The van der Waals surface area contributed by atoms with Gasteiger partial charge >= 0.3 is 11.8 Å². The van der Waals surface area contributed by atoms with Crippen LogP contribution in [-0.2, 0) is 14.4 Å². The van der Waals surface area contributed by atoms with Crippen molar-refractivity contribution in [2.75, 3.05) is 5.32 Å². The summed E-state index contributed by atoms with van der Waals surface area (Å²) in [6.45, 7) is 3.33. The normalized spacial score (nSPS) is 11.1. The third kappa shape index (κ3) is 5.35. The number of carbonyl (C=O) groups excluding carboxylic acids is 3. The van der Waals surface area contributed by atoms with Crippen LogP contribution in [0.1, 0.15) is 12.5 Å². The van der Waals surface area contributed by atoms with E-state index >= 15 is 0 Å². The molecule has 0 bridgehead atoms.